The normalized spacial score (nSPS) is 17.7. The van der Waals surface area contributed by atoms with Crippen molar-refractivity contribution in [2.24, 2.45) is 0 Å². The Morgan fingerprint density at radius 2 is 1.73 bits per heavy atom. The first-order valence-electron chi connectivity index (χ1n) is 9.21. The van der Waals surface area contributed by atoms with Crippen molar-refractivity contribution in [3.05, 3.63) is 71.8 Å². The van der Waals surface area contributed by atoms with Crippen molar-refractivity contribution in [3.8, 4) is 0 Å². The van der Waals surface area contributed by atoms with E-state index in [1.807, 2.05) is 48.5 Å². The minimum Gasteiger partial charge on any atom is -0.456 e. The average Bonchev–Trinajstić information content (AvgIpc) is 3.17. The Hall–Kier alpha value is -2.62. The fraction of sp³-hybridized carbons (Fsp3) is 0.364. The first-order valence-corrected chi connectivity index (χ1v) is 9.21. The van der Waals surface area contributed by atoms with Crippen LogP contribution in [0.2, 0.25) is 0 Å². The Kier molecular flexibility index (Phi) is 6.05. The molecule has 1 aliphatic heterocycles. The topological polar surface area (TPSA) is 46.6 Å². The molecular weight excluding hydrogens is 326 g/mol. The molecular formula is C22H25NO3. The molecule has 4 heteroatoms. The fourth-order valence-corrected chi connectivity index (χ4v) is 3.51. The number of rotatable bonds is 6. The van der Waals surface area contributed by atoms with Gasteiger partial charge in [-0.3, -0.25) is 4.79 Å². The van der Waals surface area contributed by atoms with E-state index in [0.29, 0.717) is 19.4 Å². The van der Waals surface area contributed by atoms with Gasteiger partial charge >= 0.3 is 5.97 Å². The Morgan fingerprint density at radius 1 is 1.08 bits per heavy atom. The molecule has 2 aromatic rings. The molecule has 136 valence electrons. The second kappa shape index (κ2) is 8.65. The third-order valence-corrected chi connectivity index (χ3v) is 4.90. The summed E-state index contributed by atoms with van der Waals surface area (Å²) in [5.74, 6) is -0.357. The van der Waals surface area contributed by atoms with E-state index >= 15 is 0 Å². The summed E-state index contributed by atoms with van der Waals surface area (Å²) < 4.78 is 5.89. The van der Waals surface area contributed by atoms with Crippen molar-refractivity contribution in [3.63, 3.8) is 0 Å². The van der Waals surface area contributed by atoms with Crippen LogP contribution in [0.5, 0.6) is 0 Å². The van der Waals surface area contributed by atoms with E-state index in [1.165, 1.54) is 12.5 Å². The van der Waals surface area contributed by atoms with E-state index in [0.717, 1.165) is 18.4 Å². The van der Waals surface area contributed by atoms with Crippen LogP contribution in [0.25, 0.3) is 0 Å². The number of amides is 1. The van der Waals surface area contributed by atoms with Gasteiger partial charge in [0.15, 0.2) is 0 Å². The molecule has 1 saturated heterocycles. The molecule has 26 heavy (non-hydrogen) atoms. The third kappa shape index (κ3) is 4.51. The molecule has 0 aliphatic carbocycles. The van der Waals surface area contributed by atoms with Crippen molar-refractivity contribution in [2.45, 2.75) is 44.8 Å². The van der Waals surface area contributed by atoms with E-state index in [1.54, 1.807) is 4.90 Å². The molecule has 0 saturated carbocycles. The lowest BCUT2D eigenvalue weighted by atomic mass is 10.0. The lowest BCUT2D eigenvalue weighted by molar-refractivity contribution is -0.158. The van der Waals surface area contributed by atoms with Crippen LogP contribution in [0.1, 0.15) is 43.4 Å². The zero-order valence-electron chi connectivity index (χ0n) is 15.1. The van der Waals surface area contributed by atoms with Gasteiger partial charge in [0, 0.05) is 13.5 Å². The van der Waals surface area contributed by atoms with Crippen molar-refractivity contribution in [1.82, 2.24) is 4.90 Å². The number of ether oxygens (including phenoxy) is 1. The molecule has 3 rings (SSSR count). The highest BCUT2D eigenvalue weighted by molar-refractivity contribution is 5.84. The minimum absolute atomic E-state index is 0.0648. The van der Waals surface area contributed by atoms with Gasteiger partial charge in [-0.25, -0.2) is 4.79 Å². The molecule has 2 atom stereocenters. The van der Waals surface area contributed by atoms with Crippen molar-refractivity contribution >= 4 is 11.9 Å². The van der Waals surface area contributed by atoms with E-state index in [-0.39, 0.29) is 18.0 Å². The van der Waals surface area contributed by atoms with Gasteiger partial charge in [0.2, 0.25) is 5.91 Å². The second-order valence-electron chi connectivity index (χ2n) is 6.73. The van der Waals surface area contributed by atoms with Gasteiger partial charge in [-0.15, -0.1) is 0 Å². The van der Waals surface area contributed by atoms with Crippen LogP contribution in [0.3, 0.4) is 0 Å². The second-order valence-corrected chi connectivity index (χ2v) is 6.73. The van der Waals surface area contributed by atoms with Gasteiger partial charge in [0.1, 0.15) is 12.1 Å². The monoisotopic (exact) mass is 351 g/mol. The predicted octanol–water partition coefficient (Wildman–Crippen LogP) is 3.91. The van der Waals surface area contributed by atoms with Gasteiger partial charge in [-0.05, 0) is 36.8 Å². The number of benzene rings is 2. The van der Waals surface area contributed by atoms with Crippen molar-refractivity contribution < 1.29 is 14.3 Å². The molecule has 1 amide bonds. The Morgan fingerprint density at radius 3 is 2.38 bits per heavy atom. The van der Waals surface area contributed by atoms with Crippen LogP contribution in [0.15, 0.2) is 60.7 Å². The van der Waals surface area contributed by atoms with Crippen LogP contribution < -0.4 is 0 Å². The Balaban J connectivity index is 1.71. The fourth-order valence-electron chi connectivity index (χ4n) is 3.51. The summed E-state index contributed by atoms with van der Waals surface area (Å²) in [7, 11) is 0. The first-order chi connectivity index (χ1) is 12.6. The maximum absolute atomic E-state index is 12.7. The summed E-state index contributed by atoms with van der Waals surface area (Å²) in [6.45, 7) is 2.14. The largest absolute Gasteiger partial charge is 0.456 e. The zero-order valence-corrected chi connectivity index (χ0v) is 15.1. The molecule has 1 fully saturated rings. The lowest BCUT2D eigenvalue weighted by Gasteiger charge is -2.25. The molecule has 0 bridgehead atoms. The molecule has 4 nitrogen and oxygen atoms in total. The third-order valence-electron chi connectivity index (χ3n) is 4.90. The number of aryl methyl sites for hydroxylation is 1. The number of carbonyl (C=O) groups is 2. The van der Waals surface area contributed by atoms with E-state index in [9.17, 15) is 9.59 Å². The Labute approximate surface area is 154 Å². The van der Waals surface area contributed by atoms with Gasteiger partial charge in [-0.1, -0.05) is 60.7 Å². The van der Waals surface area contributed by atoms with Crippen LogP contribution in [-0.4, -0.2) is 29.4 Å². The quantitative estimate of drug-likeness (QED) is 0.741. The van der Waals surface area contributed by atoms with E-state index in [4.69, 9.17) is 4.74 Å². The van der Waals surface area contributed by atoms with E-state index < -0.39 is 6.04 Å². The maximum Gasteiger partial charge on any atom is 0.329 e. The maximum atomic E-state index is 12.7. The number of likely N-dealkylation sites (tertiary alicyclic amines) is 1. The molecule has 2 aromatic carbocycles. The molecule has 0 N–H and O–H groups in total. The molecule has 0 spiro atoms. The van der Waals surface area contributed by atoms with Crippen LogP contribution in [0, 0.1) is 0 Å². The van der Waals surface area contributed by atoms with Gasteiger partial charge < -0.3 is 9.64 Å². The SMILES string of the molecule is CC(=O)N1CCC[C@H]1C(=O)O[C@H](CCc1ccccc1)c1ccccc1. The number of esters is 1. The highest BCUT2D eigenvalue weighted by Crippen LogP contribution is 2.27. The standard InChI is InChI=1S/C22H25NO3/c1-17(24)23-16-8-13-20(23)22(25)26-21(19-11-6-3-7-12-19)15-14-18-9-4-2-5-10-18/h2-7,9-12,20-21H,8,13-16H2,1H3/t20-,21+/m0/s1. The molecule has 1 aliphatic rings. The first kappa shape index (κ1) is 18.2. The van der Waals surface area contributed by atoms with Crippen LogP contribution in [0.4, 0.5) is 0 Å². The van der Waals surface area contributed by atoms with Crippen LogP contribution >= 0.6 is 0 Å². The van der Waals surface area contributed by atoms with Crippen molar-refractivity contribution in [1.29, 1.82) is 0 Å². The number of hydrogen-bond donors (Lipinski definition) is 0. The highest BCUT2D eigenvalue weighted by Gasteiger charge is 2.35. The van der Waals surface area contributed by atoms with Gasteiger partial charge in [0.25, 0.3) is 0 Å². The summed E-state index contributed by atoms with van der Waals surface area (Å²) in [5.41, 5.74) is 2.21. The van der Waals surface area contributed by atoms with Crippen molar-refractivity contribution in [2.75, 3.05) is 6.54 Å². The predicted molar refractivity (Wildman–Crippen MR) is 100 cm³/mol. The summed E-state index contributed by atoms with van der Waals surface area (Å²) >= 11 is 0. The summed E-state index contributed by atoms with van der Waals surface area (Å²) in [6.07, 6.45) is 2.76. The molecule has 0 unspecified atom stereocenters. The lowest BCUT2D eigenvalue weighted by Crippen LogP contribution is -2.40. The highest BCUT2D eigenvalue weighted by atomic mass is 16.5. The molecule has 1 heterocycles. The molecule has 0 aromatic heterocycles. The average molecular weight is 351 g/mol. The van der Waals surface area contributed by atoms with E-state index in [2.05, 4.69) is 12.1 Å². The van der Waals surface area contributed by atoms with Gasteiger partial charge in [-0.2, -0.15) is 0 Å². The molecule has 0 radical (unpaired) electrons. The Bertz CT molecular complexity index is 730. The number of carbonyl (C=O) groups excluding carboxylic acids is 2. The number of hydrogen-bond acceptors (Lipinski definition) is 3. The zero-order chi connectivity index (χ0) is 18.4. The summed E-state index contributed by atoms with van der Waals surface area (Å²) in [6, 6.07) is 19.6. The summed E-state index contributed by atoms with van der Waals surface area (Å²) in [5, 5.41) is 0. The van der Waals surface area contributed by atoms with Crippen LogP contribution in [-0.2, 0) is 20.7 Å². The summed E-state index contributed by atoms with van der Waals surface area (Å²) in [4.78, 5) is 26.1. The minimum atomic E-state index is -0.449. The number of nitrogens with zero attached hydrogens (tertiary/aromatic N) is 1. The smallest absolute Gasteiger partial charge is 0.329 e. The van der Waals surface area contributed by atoms with Gasteiger partial charge in [0.05, 0.1) is 0 Å².